The summed E-state index contributed by atoms with van der Waals surface area (Å²) in [5.41, 5.74) is 0. The Kier molecular flexibility index (Phi) is 4.44. The van der Waals surface area contributed by atoms with Gasteiger partial charge in [0.25, 0.3) is 11.8 Å². The number of hydrogen-bond donors (Lipinski definition) is 2. The zero-order valence-corrected chi connectivity index (χ0v) is 13.4. The van der Waals surface area contributed by atoms with Gasteiger partial charge in [0.05, 0.1) is 11.4 Å². The second-order valence-corrected chi connectivity index (χ2v) is 7.33. The fourth-order valence-electron chi connectivity index (χ4n) is 2.24. The number of nitrogens with one attached hydrogen (secondary N) is 2. The smallest absolute Gasteiger partial charge is 0.268 e. The third-order valence-electron chi connectivity index (χ3n) is 3.55. The van der Waals surface area contributed by atoms with Crippen molar-refractivity contribution >= 4 is 21.7 Å². The van der Waals surface area contributed by atoms with Gasteiger partial charge in [0.1, 0.15) is 11.2 Å². The van der Waals surface area contributed by atoms with Crippen molar-refractivity contribution < 1.29 is 22.4 Å². The van der Waals surface area contributed by atoms with Crippen LogP contribution in [0.2, 0.25) is 0 Å². The van der Waals surface area contributed by atoms with Gasteiger partial charge in [-0.25, -0.2) is 13.4 Å². The van der Waals surface area contributed by atoms with Gasteiger partial charge in [-0.05, 0) is 12.8 Å². The van der Waals surface area contributed by atoms with Crippen molar-refractivity contribution in [2.75, 3.05) is 18.5 Å². The molecule has 24 heavy (non-hydrogen) atoms. The molecule has 0 radical (unpaired) electrons. The molecule has 0 saturated carbocycles. The number of oxazole rings is 1. The second kappa shape index (κ2) is 6.53. The monoisotopic (exact) mass is 353 g/mol. The van der Waals surface area contributed by atoms with Crippen LogP contribution >= 0.6 is 0 Å². The van der Waals surface area contributed by atoms with Gasteiger partial charge >= 0.3 is 0 Å². The number of nitrogens with zero attached hydrogens (tertiary/aromatic N) is 3. The van der Waals surface area contributed by atoms with E-state index < -0.39 is 25.9 Å². The largest absolute Gasteiger partial charge is 0.442 e. The summed E-state index contributed by atoms with van der Waals surface area (Å²) >= 11 is 0. The number of hydrogen-bond acceptors (Lipinski definition) is 8. The molecular formula is C13H15N5O5S. The topological polar surface area (TPSA) is 140 Å². The van der Waals surface area contributed by atoms with Crippen molar-refractivity contribution in [1.82, 2.24) is 20.2 Å². The summed E-state index contributed by atoms with van der Waals surface area (Å²) in [6, 6.07) is 0. The summed E-state index contributed by atoms with van der Waals surface area (Å²) in [4.78, 5) is 19.5. The van der Waals surface area contributed by atoms with E-state index in [1.807, 2.05) is 0 Å². The highest BCUT2D eigenvalue weighted by Crippen LogP contribution is 2.22. The zero-order valence-electron chi connectivity index (χ0n) is 12.6. The molecular weight excluding hydrogens is 338 g/mol. The van der Waals surface area contributed by atoms with Gasteiger partial charge in [0.2, 0.25) is 11.8 Å². The number of ether oxygens (including phenoxy) is 1. The van der Waals surface area contributed by atoms with E-state index in [9.17, 15) is 13.2 Å². The lowest BCUT2D eigenvalue weighted by molar-refractivity contribution is -0.112. The zero-order chi connectivity index (χ0) is 17.2. The molecule has 3 heterocycles. The number of aromatic amines is 1. The first-order valence-electron chi connectivity index (χ1n) is 7.12. The number of sulfone groups is 1. The summed E-state index contributed by atoms with van der Waals surface area (Å²) in [5, 5.41) is 7.92. The molecule has 0 unspecified atom stereocenters. The quantitative estimate of drug-likeness (QED) is 0.741. The average Bonchev–Trinajstić information content (AvgIpc) is 3.26. The van der Waals surface area contributed by atoms with Gasteiger partial charge in [0.15, 0.2) is 9.84 Å². The van der Waals surface area contributed by atoms with Gasteiger partial charge in [0, 0.05) is 13.2 Å². The molecule has 3 rings (SSSR count). The Balaban J connectivity index is 1.69. The summed E-state index contributed by atoms with van der Waals surface area (Å²) in [7, 11) is -3.80. The number of H-pyrrole nitrogens is 1. The lowest BCUT2D eigenvalue weighted by atomic mass is 10.2. The molecule has 1 amide bonds. The fourth-order valence-corrected chi connectivity index (χ4v) is 3.77. The van der Waals surface area contributed by atoms with Gasteiger partial charge in [-0.15, -0.1) is 5.10 Å². The number of rotatable bonds is 5. The number of carbonyl (C=O) groups excluding carboxylic acids is 1. The summed E-state index contributed by atoms with van der Waals surface area (Å²) in [5.74, 6) is -0.583. The van der Waals surface area contributed by atoms with E-state index in [2.05, 4.69) is 32.1 Å². The van der Waals surface area contributed by atoms with E-state index in [4.69, 9.17) is 9.15 Å². The van der Waals surface area contributed by atoms with Crippen LogP contribution in [-0.2, 0) is 19.4 Å². The predicted molar refractivity (Wildman–Crippen MR) is 82.4 cm³/mol. The molecule has 128 valence electrons. The van der Waals surface area contributed by atoms with Crippen LogP contribution in [0.15, 0.2) is 28.4 Å². The molecule has 0 spiro atoms. The van der Waals surface area contributed by atoms with E-state index >= 15 is 0 Å². The normalized spacial score (nSPS) is 16.0. The van der Waals surface area contributed by atoms with E-state index in [0.717, 1.165) is 0 Å². The first-order valence-corrected chi connectivity index (χ1v) is 8.67. The Morgan fingerprint density at radius 3 is 2.79 bits per heavy atom. The SMILES string of the molecule is C=C(C(=O)Nc1n[nH]c(-c2ncco2)n1)S(=O)(=O)C1CCOCC1. The summed E-state index contributed by atoms with van der Waals surface area (Å²) in [6.07, 6.45) is 3.46. The maximum absolute atomic E-state index is 12.4. The minimum atomic E-state index is -3.80. The highest BCUT2D eigenvalue weighted by atomic mass is 32.2. The van der Waals surface area contributed by atoms with Gasteiger partial charge < -0.3 is 9.15 Å². The van der Waals surface area contributed by atoms with Crippen LogP contribution in [0, 0.1) is 0 Å². The van der Waals surface area contributed by atoms with E-state index in [1.54, 1.807) is 0 Å². The Morgan fingerprint density at radius 1 is 1.38 bits per heavy atom. The van der Waals surface area contributed by atoms with Crippen molar-refractivity contribution in [2.24, 2.45) is 0 Å². The molecule has 1 fully saturated rings. The van der Waals surface area contributed by atoms with Crippen molar-refractivity contribution in [1.29, 1.82) is 0 Å². The van der Waals surface area contributed by atoms with E-state index in [1.165, 1.54) is 12.5 Å². The second-order valence-electron chi connectivity index (χ2n) is 5.08. The van der Waals surface area contributed by atoms with Crippen molar-refractivity contribution in [3.63, 3.8) is 0 Å². The molecule has 1 saturated heterocycles. The number of amides is 1. The Morgan fingerprint density at radius 2 is 2.12 bits per heavy atom. The molecule has 0 aromatic carbocycles. The molecule has 2 N–H and O–H groups in total. The van der Waals surface area contributed by atoms with Crippen LogP contribution in [-0.4, -0.2) is 53.0 Å². The Bertz CT molecular complexity index is 836. The Hall–Kier alpha value is -2.53. The minimum Gasteiger partial charge on any atom is -0.442 e. The van der Waals surface area contributed by atoms with Crippen LogP contribution in [0.4, 0.5) is 5.95 Å². The lowest BCUT2D eigenvalue weighted by Gasteiger charge is -2.22. The summed E-state index contributed by atoms with van der Waals surface area (Å²) < 4.78 is 35.0. The van der Waals surface area contributed by atoms with Gasteiger partial charge in [-0.2, -0.15) is 4.98 Å². The molecule has 0 atom stereocenters. The van der Waals surface area contributed by atoms with Crippen LogP contribution in [0.1, 0.15) is 12.8 Å². The van der Waals surface area contributed by atoms with E-state index in [-0.39, 0.29) is 17.7 Å². The van der Waals surface area contributed by atoms with Crippen LogP contribution in [0.5, 0.6) is 0 Å². The van der Waals surface area contributed by atoms with Gasteiger partial charge in [-0.1, -0.05) is 6.58 Å². The minimum absolute atomic E-state index is 0.100. The molecule has 1 aliphatic heterocycles. The number of aromatic nitrogens is 4. The maximum Gasteiger partial charge on any atom is 0.268 e. The van der Waals surface area contributed by atoms with Crippen molar-refractivity contribution in [3.8, 4) is 11.7 Å². The third kappa shape index (κ3) is 3.21. The first kappa shape index (κ1) is 16.3. The molecule has 1 aliphatic rings. The third-order valence-corrected chi connectivity index (χ3v) is 5.77. The molecule has 2 aromatic rings. The van der Waals surface area contributed by atoms with E-state index in [0.29, 0.717) is 26.1 Å². The lowest BCUT2D eigenvalue weighted by Crippen LogP contribution is -2.33. The summed E-state index contributed by atoms with van der Waals surface area (Å²) in [6.45, 7) is 4.11. The van der Waals surface area contributed by atoms with Crippen molar-refractivity contribution in [2.45, 2.75) is 18.1 Å². The standard InChI is InChI=1S/C13H15N5O5S/c1-8(24(20,21)9-2-5-22-6-3-9)11(19)16-13-15-10(17-18-13)12-14-4-7-23-12/h4,7,9H,1-3,5-6H2,(H2,15,16,17,18,19). The van der Waals surface area contributed by atoms with Crippen molar-refractivity contribution in [3.05, 3.63) is 23.9 Å². The number of carbonyl (C=O) groups is 1. The highest BCUT2D eigenvalue weighted by Gasteiger charge is 2.33. The molecule has 0 aliphatic carbocycles. The Labute approximate surface area is 137 Å². The molecule has 11 heteroatoms. The highest BCUT2D eigenvalue weighted by molar-refractivity contribution is 7.96. The van der Waals surface area contributed by atoms with Gasteiger partial charge in [-0.3, -0.25) is 15.2 Å². The van der Waals surface area contributed by atoms with Crippen LogP contribution in [0.3, 0.4) is 0 Å². The molecule has 2 aromatic heterocycles. The number of anilines is 1. The maximum atomic E-state index is 12.4. The predicted octanol–water partition coefficient (Wildman–Crippen LogP) is 0.506. The average molecular weight is 353 g/mol. The molecule has 0 bridgehead atoms. The van der Waals surface area contributed by atoms with Crippen LogP contribution < -0.4 is 5.32 Å². The fraction of sp³-hybridized carbons (Fsp3) is 0.385. The van der Waals surface area contributed by atoms with Crippen LogP contribution in [0.25, 0.3) is 11.7 Å². The first-order chi connectivity index (χ1) is 11.5. The molecule has 10 nitrogen and oxygen atoms in total.